The predicted molar refractivity (Wildman–Crippen MR) is 77.9 cm³/mol. The lowest BCUT2D eigenvalue weighted by atomic mass is 9.68. The zero-order chi connectivity index (χ0) is 14.8. The van der Waals surface area contributed by atoms with Crippen LogP contribution in [0.25, 0.3) is 0 Å². The van der Waals surface area contributed by atoms with E-state index in [4.69, 9.17) is 5.11 Å². The lowest BCUT2D eigenvalue weighted by Gasteiger charge is -2.45. The van der Waals surface area contributed by atoms with Crippen molar-refractivity contribution in [3.8, 4) is 5.75 Å². The Balaban J connectivity index is 2.06. The smallest absolute Gasteiger partial charge is 0.304 e. The summed E-state index contributed by atoms with van der Waals surface area (Å²) in [7, 11) is 0. The van der Waals surface area contributed by atoms with Gasteiger partial charge in [-0.1, -0.05) is 26.0 Å². The van der Waals surface area contributed by atoms with E-state index >= 15 is 0 Å². The highest BCUT2D eigenvalue weighted by Crippen LogP contribution is 2.40. The van der Waals surface area contributed by atoms with Crippen LogP contribution in [0.3, 0.4) is 0 Å². The lowest BCUT2D eigenvalue weighted by molar-refractivity contribution is -0.137. The molecule has 2 unspecified atom stereocenters. The van der Waals surface area contributed by atoms with Gasteiger partial charge in [0.2, 0.25) is 0 Å². The topological polar surface area (TPSA) is 60.8 Å². The molecule has 1 aliphatic heterocycles. The van der Waals surface area contributed by atoms with E-state index < -0.39 is 5.97 Å². The van der Waals surface area contributed by atoms with E-state index in [0.717, 1.165) is 19.5 Å². The van der Waals surface area contributed by atoms with Gasteiger partial charge in [0.15, 0.2) is 0 Å². The van der Waals surface area contributed by atoms with Gasteiger partial charge in [-0.15, -0.1) is 0 Å². The van der Waals surface area contributed by atoms with E-state index in [1.54, 1.807) is 6.07 Å². The van der Waals surface area contributed by atoms with Crippen LogP contribution in [-0.4, -0.2) is 40.7 Å². The number of nitrogens with zero attached hydrogens (tertiary/aromatic N) is 1. The lowest BCUT2D eigenvalue weighted by Crippen LogP contribution is -2.47. The number of hydrogen-bond donors (Lipinski definition) is 2. The molecule has 0 amide bonds. The number of phenols is 1. The third kappa shape index (κ3) is 3.12. The number of carboxylic acid groups (broad SMARTS) is 1. The highest BCUT2D eigenvalue weighted by molar-refractivity contribution is 5.66. The number of aromatic hydroxyl groups is 1. The minimum Gasteiger partial charge on any atom is -0.508 e. The molecule has 2 rings (SSSR count). The van der Waals surface area contributed by atoms with Crippen molar-refractivity contribution in [1.82, 2.24) is 4.90 Å². The summed E-state index contributed by atoms with van der Waals surface area (Å²) in [6.45, 7) is 6.87. The van der Waals surface area contributed by atoms with Gasteiger partial charge in [0.05, 0.1) is 6.42 Å². The molecule has 4 heteroatoms. The Kier molecular flexibility index (Phi) is 4.33. The molecule has 4 nitrogen and oxygen atoms in total. The maximum Gasteiger partial charge on any atom is 0.304 e. The summed E-state index contributed by atoms with van der Waals surface area (Å²) in [4.78, 5) is 12.9. The number of piperidine rings is 1. The number of hydrogen-bond acceptors (Lipinski definition) is 3. The fraction of sp³-hybridized carbons (Fsp3) is 0.562. The normalized spacial score (nSPS) is 27.4. The highest BCUT2D eigenvalue weighted by Gasteiger charge is 2.37. The maximum atomic E-state index is 10.7. The van der Waals surface area contributed by atoms with Crippen LogP contribution >= 0.6 is 0 Å². The minimum absolute atomic E-state index is 0.0401. The van der Waals surface area contributed by atoms with E-state index in [-0.39, 0.29) is 11.8 Å². The quantitative estimate of drug-likeness (QED) is 0.887. The largest absolute Gasteiger partial charge is 0.508 e. The van der Waals surface area contributed by atoms with Gasteiger partial charge in [0.25, 0.3) is 0 Å². The van der Waals surface area contributed by atoms with Crippen molar-refractivity contribution in [3.05, 3.63) is 29.8 Å². The van der Waals surface area contributed by atoms with Gasteiger partial charge in [0, 0.05) is 13.1 Å². The second kappa shape index (κ2) is 5.83. The molecule has 2 N–H and O–H groups in total. The van der Waals surface area contributed by atoms with E-state index in [1.807, 2.05) is 12.1 Å². The molecule has 0 bridgehead atoms. The summed E-state index contributed by atoms with van der Waals surface area (Å²) in [5.41, 5.74) is 1.21. The van der Waals surface area contributed by atoms with Crippen molar-refractivity contribution in [1.29, 1.82) is 0 Å². The molecule has 1 aliphatic rings. The van der Waals surface area contributed by atoms with Crippen LogP contribution in [0, 0.1) is 5.92 Å². The first kappa shape index (κ1) is 14.9. The number of aliphatic carboxylic acids is 1. The van der Waals surface area contributed by atoms with E-state index in [0.29, 0.717) is 18.2 Å². The number of rotatable bonds is 4. The van der Waals surface area contributed by atoms with E-state index in [1.165, 1.54) is 5.56 Å². The third-order valence-corrected chi connectivity index (χ3v) is 4.71. The van der Waals surface area contributed by atoms with Gasteiger partial charge in [-0.3, -0.25) is 4.79 Å². The number of likely N-dealkylation sites (tertiary alicyclic amines) is 1. The van der Waals surface area contributed by atoms with Crippen molar-refractivity contribution in [3.63, 3.8) is 0 Å². The Morgan fingerprint density at radius 1 is 1.50 bits per heavy atom. The molecule has 0 radical (unpaired) electrons. The average molecular weight is 277 g/mol. The van der Waals surface area contributed by atoms with E-state index in [9.17, 15) is 9.90 Å². The fourth-order valence-electron chi connectivity index (χ4n) is 3.06. The van der Waals surface area contributed by atoms with Crippen molar-refractivity contribution < 1.29 is 15.0 Å². The molecule has 1 fully saturated rings. The van der Waals surface area contributed by atoms with Crippen LogP contribution in [0.2, 0.25) is 0 Å². The fourth-order valence-corrected chi connectivity index (χ4v) is 3.06. The van der Waals surface area contributed by atoms with Gasteiger partial charge < -0.3 is 15.1 Å². The standard InChI is InChI=1S/C16H23NO3/c1-12-11-17(8-6-15(19)20)9-7-16(12,2)13-4-3-5-14(18)10-13/h3-5,10,12,18H,6-9,11H2,1-2H3,(H,19,20). The summed E-state index contributed by atoms with van der Waals surface area (Å²) in [5.74, 6) is -0.00459. The van der Waals surface area contributed by atoms with Gasteiger partial charge >= 0.3 is 5.97 Å². The average Bonchev–Trinajstić information content (AvgIpc) is 2.40. The summed E-state index contributed by atoms with van der Waals surface area (Å²) in [5, 5.41) is 18.4. The summed E-state index contributed by atoms with van der Waals surface area (Å²) < 4.78 is 0. The molecule has 20 heavy (non-hydrogen) atoms. The predicted octanol–water partition coefficient (Wildman–Crippen LogP) is 2.47. The summed E-state index contributed by atoms with van der Waals surface area (Å²) in [6.07, 6.45) is 1.19. The molecule has 1 heterocycles. The van der Waals surface area contributed by atoms with Crippen molar-refractivity contribution in [2.45, 2.75) is 32.1 Å². The second-order valence-electron chi connectivity index (χ2n) is 6.06. The first-order chi connectivity index (χ1) is 9.41. The molecule has 0 saturated carbocycles. The van der Waals surface area contributed by atoms with Crippen LogP contribution in [-0.2, 0) is 10.2 Å². The summed E-state index contributed by atoms with van der Waals surface area (Å²) in [6, 6.07) is 7.51. The molecule has 110 valence electrons. The van der Waals surface area contributed by atoms with Gasteiger partial charge in [-0.05, 0) is 42.0 Å². The Morgan fingerprint density at radius 2 is 2.25 bits per heavy atom. The van der Waals surface area contributed by atoms with Crippen molar-refractivity contribution >= 4 is 5.97 Å². The Labute approximate surface area is 120 Å². The van der Waals surface area contributed by atoms with Gasteiger partial charge in [-0.2, -0.15) is 0 Å². The molecule has 0 spiro atoms. The van der Waals surface area contributed by atoms with Gasteiger partial charge in [-0.25, -0.2) is 0 Å². The minimum atomic E-state index is -0.737. The number of carbonyl (C=O) groups is 1. The molecule has 0 aromatic heterocycles. The van der Waals surface area contributed by atoms with Crippen LogP contribution in [0.4, 0.5) is 0 Å². The van der Waals surface area contributed by atoms with Crippen LogP contribution in [0.5, 0.6) is 5.75 Å². The van der Waals surface area contributed by atoms with Crippen LogP contribution < -0.4 is 0 Å². The zero-order valence-electron chi connectivity index (χ0n) is 12.2. The molecule has 1 aromatic carbocycles. The van der Waals surface area contributed by atoms with Crippen molar-refractivity contribution in [2.75, 3.05) is 19.6 Å². The van der Waals surface area contributed by atoms with E-state index in [2.05, 4.69) is 24.8 Å². The zero-order valence-corrected chi connectivity index (χ0v) is 12.2. The SMILES string of the molecule is CC1CN(CCC(=O)O)CCC1(C)c1cccc(O)c1. The number of benzene rings is 1. The Bertz CT molecular complexity index is 488. The number of carboxylic acids is 1. The Hall–Kier alpha value is -1.55. The molecule has 0 aliphatic carbocycles. The summed E-state index contributed by atoms with van der Waals surface area (Å²) >= 11 is 0. The first-order valence-corrected chi connectivity index (χ1v) is 7.15. The molecule has 2 atom stereocenters. The van der Waals surface area contributed by atoms with Crippen LogP contribution in [0.1, 0.15) is 32.3 Å². The molecular formula is C16H23NO3. The second-order valence-corrected chi connectivity index (χ2v) is 6.06. The monoisotopic (exact) mass is 277 g/mol. The first-order valence-electron chi connectivity index (χ1n) is 7.15. The van der Waals surface area contributed by atoms with Gasteiger partial charge in [0.1, 0.15) is 5.75 Å². The third-order valence-electron chi connectivity index (χ3n) is 4.71. The molecular weight excluding hydrogens is 254 g/mol. The molecule has 1 saturated heterocycles. The number of phenolic OH excluding ortho intramolecular Hbond substituents is 1. The maximum absolute atomic E-state index is 10.7. The Morgan fingerprint density at radius 3 is 2.85 bits per heavy atom. The van der Waals surface area contributed by atoms with Crippen LogP contribution in [0.15, 0.2) is 24.3 Å². The highest BCUT2D eigenvalue weighted by atomic mass is 16.4. The van der Waals surface area contributed by atoms with Crippen molar-refractivity contribution in [2.24, 2.45) is 5.92 Å². The molecule has 1 aromatic rings.